The number of aryl methyl sites for hydroxylation is 2. The van der Waals surface area contributed by atoms with Crippen LogP contribution in [0, 0.1) is 26.2 Å². The van der Waals surface area contributed by atoms with Gasteiger partial charge in [-0.2, -0.15) is 0 Å². The van der Waals surface area contributed by atoms with E-state index in [0.717, 1.165) is 15.3 Å². The van der Waals surface area contributed by atoms with Gasteiger partial charge in [0.2, 0.25) is 0 Å². The molecule has 0 fully saturated rings. The van der Waals surface area contributed by atoms with Crippen molar-refractivity contribution < 1.29 is 14.7 Å². The highest BCUT2D eigenvalue weighted by molar-refractivity contribution is 7.14. The number of terminal acetylenes is 1. The molecule has 1 heterocycles. The normalized spacial score (nSPS) is 9.71. The molecular formula is C12H13NO3S. The summed E-state index contributed by atoms with van der Waals surface area (Å²) < 4.78 is 0. The van der Waals surface area contributed by atoms with Crippen molar-refractivity contribution in [1.82, 2.24) is 4.90 Å². The van der Waals surface area contributed by atoms with E-state index >= 15 is 0 Å². The molecule has 0 bridgehead atoms. The summed E-state index contributed by atoms with van der Waals surface area (Å²) in [4.78, 5) is 25.4. The summed E-state index contributed by atoms with van der Waals surface area (Å²) in [5.41, 5.74) is 1.02. The third-order valence-electron chi connectivity index (χ3n) is 2.27. The Bertz CT molecular complexity index is 465. The number of amides is 1. The van der Waals surface area contributed by atoms with E-state index in [-0.39, 0.29) is 19.0 Å². The number of thiophene rings is 1. The Morgan fingerprint density at radius 1 is 1.53 bits per heavy atom. The quantitative estimate of drug-likeness (QED) is 0.825. The van der Waals surface area contributed by atoms with Crippen molar-refractivity contribution in [3.63, 3.8) is 0 Å². The monoisotopic (exact) mass is 251 g/mol. The van der Waals surface area contributed by atoms with Gasteiger partial charge in [0.1, 0.15) is 6.54 Å². The van der Waals surface area contributed by atoms with E-state index in [2.05, 4.69) is 5.92 Å². The number of hydrogen-bond acceptors (Lipinski definition) is 3. The molecule has 4 nitrogen and oxygen atoms in total. The summed E-state index contributed by atoms with van der Waals surface area (Å²) in [5, 5.41) is 8.71. The Morgan fingerprint density at radius 2 is 2.18 bits per heavy atom. The van der Waals surface area contributed by atoms with E-state index in [1.54, 1.807) is 6.07 Å². The van der Waals surface area contributed by atoms with Crippen LogP contribution in [0.25, 0.3) is 0 Å². The van der Waals surface area contributed by atoms with Gasteiger partial charge in [0.05, 0.1) is 11.4 Å². The molecule has 1 aromatic heterocycles. The predicted molar refractivity (Wildman–Crippen MR) is 66.2 cm³/mol. The number of carboxylic acids is 1. The van der Waals surface area contributed by atoms with Crippen molar-refractivity contribution in [2.45, 2.75) is 13.8 Å². The summed E-state index contributed by atoms with van der Waals surface area (Å²) in [7, 11) is 0. The smallest absolute Gasteiger partial charge is 0.323 e. The second-order valence-corrected chi connectivity index (χ2v) is 4.87. The highest BCUT2D eigenvalue weighted by atomic mass is 32.1. The standard InChI is InChI=1S/C12H13NO3S/c1-4-5-13(7-11(14)15)12(16)10-6-8(2)9(3)17-10/h1,6H,5,7H2,2-3H3,(H,14,15). The van der Waals surface area contributed by atoms with E-state index in [1.807, 2.05) is 13.8 Å². The van der Waals surface area contributed by atoms with E-state index in [9.17, 15) is 9.59 Å². The molecule has 0 unspecified atom stereocenters. The number of aliphatic carboxylic acids is 1. The van der Waals surface area contributed by atoms with Crippen LogP contribution in [0.2, 0.25) is 0 Å². The van der Waals surface area contributed by atoms with Gasteiger partial charge in [0, 0.05) is 4.88 Å². The number of carbonyl (C=O) groups excluding carboxylic acids is 1. The van der Waals surface area contributed by atoms with Crippen molar-refractivity contribution in [3.8, 4) is 12.3 Å². The molecule has 0 atom stereocenters. The lowest BCUT2D eigenvalue weighted by atomic mass is 10.2. The largest absolute Gasteiger partial charge is 0.480 e. The maximum absolute atomic E-state index is 12.0. The molecule has 0 aliphatic carbocycles. The van der Waals surface area contributed by atoms with Crippen LogP contribution in [0.4, 0.5) is 0 Å². The molecule has 0 radical (unpaired) electrons. The average molecular weight is 251 g/mol. The first-order chi connectivity index (χ1) is 7.95. The maximum Gasteiger partial charge on any atom is 0.323 e. The number of nitrogens with zero attached hydrogens (tertiary/aromatic N) is 1. The Morgan fingerprint density at radius 3 is 2.59 bits per heavy atom. The third-order valence-corrected chi connectivity index (χ3v) is 3.41. The van der Waals surface area contributed by atoms with Crippen molar-refractivity contribution in [3.05, 3.63) is 21.4 Å². The SMILES string of the molecule is C#CCN(CC(=O)O)C(=O)c1cc(C)c(C)s1. The molecule has 0 aromatic carbocycles. The molecule has 5 heteroatoms. The van der Waals surface area contributed by atoms with E-state index in [0.29, 0.717) is 4.88 Å². The molecule has 1 N–H and O–H groups in total. The molecule has 0 saturated carbocycles. The van der Waals surface area contributed by atoms with E-state index in [1.165, 1.54) is 11.3 Å². The summed E-state index contributed by atoms with van der Waals surface area (Å²) in [6.07, 6.45) is 5.12. The Hall–Kier alpha value is -1.80. The first-order valence-corrected chi connectivity index (χ1v) is 5.79. The van der Waals surface area contributed by atoms with Crippen molar-refractivity contribution in [2.75, 3.05) is 13.1 Å². The summed E-state index contributed by atoms with van der Waals surface area (Å²) in [6, 6.07) is 1.76. The van der Waals surface area contributed by atoms with Crippen LogP contribution < -0.4 is 0 Å². The fourth-order valence-corrected chi connectivity index (χ4v) is 2.31. The second-order valence-electron chi connectivity index (χ2n) is 3.61. The Labute approximate surface area is 104 Å². The number of rotatable bonds is 4. The molecule has 0 aliphatic rings. The van der Waals surface area contributed by atoms with Crippen LogP contribution >= 0.6 is 11.3 Å². The first-order valence-electron chi connectivity index (χ1n) is 4.97. The molecule has 0 spiro atoms. The zero-order valence-electron chi connectivity index (χ0n) is 9.69. The first kappa shape index (κ1) is 13.3. The highest BCUT2D eigenvalue weighted by Crippen LogP contribution is 2.21. The molecule has 1 amide bonds. The van der Waals surface area contributed by atoms with Crippen LogP contribution in [0.5, 0.6) is 0 Å². The number of carboxylic acid groups (broad SMARTS) is 1. The Balaban J connectivity index is 2.91. The second kappa shape index (κ2) is 5.51. The zero-order valence-corrected chi connectivity index (χ0v) is 10.5. The van der Waals surface area contributed by atoms with Crippen molar-refractivity contribution in [1.29, 1.82) is 0 Å². The lowest BCUT2D eigenvalue weighted by molar-refractivity contribution is -0.137. The molecule has 0 aliphatic heterocycles. The van der Waals surface area contributed by atoms with E-state index < -0.39 is 5.97 Å². The molecule has 17 heavy (non-hydrogen) atoms. The van der Waals surface area contributed by atoms with E-state index in [4.69, 9.17) is 11.5 Å². The van der Waals surface area contributed by atoms with Gasteiger partial charge >= 0.3 is 5.97 Å². The Kier molecular flexibility index (Phi) is 4.30. The number of carbonyl (C=O) groups is 2. The molecule has 1 aromatic rings. The average Bonchev–Trinajstić information content (AvgIpc) is 2.57. The van der Waals surface area contributed by atoms with Gasteiger partial charge in [0.25, 0.3) is 5.91 Å². The summed E-state index contributed by atoms with van der Waals surface area (Å²) in [6.45, 7) is 3.45. The fraction of sp³-hybridized carbons (Fsp3) is 0.333. The molecule has 0 saturated heterocycles. The van der Waals surface area contributed by atoms with Crippen LogP contribution in [0.3, 0.4) is 0 Å². The van der Waals surface area contributed by atoms with Crippen LogP contribution in [0.1, 0.15) is 20.1 Å². The highest BCUT2D eigenvalue weighted by Gasteiger charge is 2.19. The fourth-order valence-electron chi connectivity index (χ4n) is 1.31. The minimum absolute atomic E-state index is 0.00112. The predicted octanol–water partition coefficient (Wildman–Crippen LogP) is 1.52. The molecule has 90 valence electrons. The van der Waals surface area contributed by atoms with Gasteiger partial charge in [-0.05, 0) is 25.5 Å². The van der Waals surface area contributed by atoms with Gasteiger partial charge < -0.3 is 10.0 Å². The van der Waals surface area contributed by atoms with Crippen molar-refractivity contribution in [2.24, 2.45) is 0 Å². The number of hydrogen-bond donors (Lipinski definition) is 1. The van der Waals surface area contributed by atoms with Gasteiger partial charge in [-0.3, -0.25) is 9.59 Å². The minimum atomic E-state index is -1.07. The van der Waals surface area contributed by atoms with Gasteiger partial charge in [0.15, 0.2) is 0 Å². The minimum Gasteiger partial charge on any atom is -0.480 e. The summed E-state index contributed by atoms with van der Waals surface area (Å²) >= 11 is 1.35. The topological polar surface area (TPSA) is 57.6 Å². The molecule has 1 rings (SSSR count). The third kappa shape index (κ3) is 3.33. The van der Waals surface area contributed by atoms with Gasteiger partial charge in [-0.15, -0.1) is 17.8 Å². The van der Waals surface area contributed by atoms with Crippen molar-refractivity contribution >= 4 is 23.2 Å². The maximum atomic E-state index is 12.0. The zero-order chi connectivity index (χ0) is 13.0. The van der Waals surface area contributed by atoms with Gasteiger partial charge in [-0.25, -0.2) is 0 Å². The summed E-state index contributed by atoms with van der Waals surface area (Å²) in [5.74, 6) is 0.894. The van der Waals surface area contributed by atoms with Crippen LogP contribution in [-0.4, -0.2) is 35.0 Å². The van der Waals surface area contributed by atoms with Crippen LogP contribution in [0.15, 0.2) is 6.07 Å². The lowest BCUT2D eigenvalue weighted by Gasteiger charge is -2.16. The molecular weight excluding hydrogens is 238 g/mol. The lowest BCUT2D eigenvalue weighted by Crippen LogP contribution is -2.35. The van der Waals surface area contributed by atoms with Gasteiger partial charge in [-0.1, -0.05) is 5.92 Å². The van der Waals surface area contributed by atoms with Crippen LogP contribution in [-0.2, 0) is 4.79 Å².